The standard InChI is InChI=1S/C19H32F3NO3Si2/c1-13(2)23(18(24)19(20,21)22)14(3)15-10-16(25-27(4,5)6)12-17(11-15)26-28(7,8)9/h10-14H,1-9H3. The van der Waals surface area contributed by atoms with E-state index in [4.69, 9.17) is 8.85 Å². The quantitative estimate of drug-likeness (QED) is 0.495. The second kappa shape index (κ2) is 8.48. The molecule has 1 amide bonds. The van der Waals surface area contributed by atoms with Crippen LogP contribution in [0, 0.1) is 0 Å². The van der Waals surface area contributed by atoms with E-state index in [9.17, 15) is 18.0 Å². The molecule has 0 aliphatic rings. The Balaban J connectivity index is 3.43. The molecule has 4 nitrogen and oxygen atoms in total. The lowest BCUT2D eigenvalue weighted by atomic mass is 10.0. The van der Waals surface area contributed by atoms with Crippen molar-refractivity contribution >= 4 is 22.5 Å². The van der Waals surface area contributed by atoms with Crippen LogP contribution in [0.4, 0.5) is 13.2 Å². The highest BCUT2D eigenvalue weighted by Gasteiger charge is 2.45. The Hall–Kier alpha value is -1.49. The number of rotatable bonds is 7. The molecule has 160 valence electrons. The maximum atomic E-state index is 13.1. The average molecular weight is 436 g/mol. The summed E-state index contributed by atoms with van der Waals surface area (Å²) in [4.78, 5) is 12.9. The Kier molecular flexibility index (Phi) is 7.44. The lowest BCUT2D eigenvalue weighted by molar-refractivity contribution is -0.189. The van der Waals surface area contributed by atoms with Crippen molar-refractivity contribution in [3.05, 3.63) is 23.8 Å². The first-order chi connectivity index (χ1) is 12.4. The second-order valence-electron chi connectivity index (χ2n) is 9.15. The van der Waals surface area contributed by atoms with E-state index < -0.39 is 40.8 Å². The van der Waals surface area contributed by atoms with Crippen molar-refractivity contribution in [1.29, 1.82) is 0 Å². The van der Waals surface area contributed by atoms with Crippen LogP contribution in [0.1, 0.15) is 32.4 Å². The molecule has 1 unspecified atom stereocenters. The lowest BCUT2D eigenvalue weighted by Crippen LogP contribution is -2.46. The summed E-state index contributed by atoms with van der Waals surface area (Å²) < 4.78 is 51.5. The fraction of sp³-hybridized carbons (Fsp3) is 0.632. The van der Waals surface area contributed by atoms with Crippen LogP contribution in [-0.2, 0) is 4.79 Å². The largest absolute Gasteiger partial charge is 0.544 e. The number of hydrogen-bond donors (Lipinski definition) is 0. The van der Waals surface area contributed by atoms with Crippen LogP contribution in [0.5, 0.6) is 11.5 Å². The Morgan fingerprint density at radius 1 is 0.893 bits per heavy atom. The van der Waals surface area contributed by atoms with Crippen molar-refractivity contribution in [2.24, 2.45) is 0 Å². The van der Waals surface area contributed by atoms with Gasteiger partial charge >= 0.3 is 12.1 Å². The fourth-order valence-corrected chi connectivity index (χ4v) is 4.47. The highest BCUT2D eigenvalue weighted by Crippen LogP contribution is 2.34. The Bertz CT molecular complexity index is 661. The zero-order valence-electron chi connectivity index (χ0n) is 18.2. The zero-order valence-corrected chi connectivity index (χ0v) is 20.2. The molecule has 0 heterocycles. The first-order valence-corrected chi connectivity index (χ1v) is 16.1. The molecule has 0 bridgehead atoms. The summed E-state index contributed by atoms with van der Waals surface area (Å²) in [6, 6.07) is 3.78. The number of amides is 1. The first kappa shape index (κ1) is 24.6. The molecular weight excluding hydrogens is 403 g/mol. The van der Waals surface area contributed by atoms with Crippen molar-refractivity contribution in [2.75, 3.05) is 0 Å². The van der Waals surface area contributed by atoms with Gasteiger partial charge in [0.15, 0.2) is 0 Å². The summed E-state index contributed by atoms with van der Waals surface area (Å²) in [6.07, 6.45) is -4.93. The Morgan fingerprint density at radius 2 is 1.29 bits per heavy atom. The molecule has 1 atom stereocenters. The molecule has 9 heteroatoms. The van der Waals surface area contributed by atoms with Gasteiger partial charge in [0, 0.05) is 12.1 Å². The van der Waals surface area contributed by atoms with E-state index in [2.05, 4.69) is 0 Å². The van der Waals surface area contributed by atoms with E-state index in [0.29, 0.717) is 17.1 Å². The van der Waals surface area contributed by atoms with Gasteiger partial charge < -0.3 is 13.8 Å². The Labute approximate surface area is 168 Å². The molecule has 0 aliphatic heterocycles. The van der Waals surface area contributed by atoms with Crippen molar-refractivity contribution in [2.45, 2.75) is 78.3 Å². The maximum absolute atomic E-state index is 13.1. The maximum Gasteiger partial charge on any atom is 0.471 e. The van der Waals surface area contributed by atoms with Crippen LogP contribution >= 0.6 is 0 Å². The van der Waals surface area contributed by atoms with E-state index in [0.717, 1.165) is 4.90 Å². The van der Waals surface area contributed by atoms with Crippen molar-refractivity contribution in [3.63, 3.8) is 0 Å². The van der Waals surface area contributed by atoms with Crippen LogP contribution < -0.4 is 8.85 Å². The number of carbonyl (C=O) groups excluding carboxylic acids is 1. The molecule has 0 N–H and O–H groups in total. The molecular formula is C19H32F3NO3Si2. The number of hydrogen-bond acceptors (Lipinski definition) is 3. The number of nitrogens with zero attached hydrogens (tertiary/aromatic N) is 1. The number of alkyl halides is 3. The fourth-order valence-electron chi connectivity index (χ4n) is 2.82. The monoisotopic (exact) mass is 435 g/mol. The topological polar surface area (TPSA) is 38.8 Å². The van der Waals surface area contributed by atoms with Crippen molar-refractivity contribution in [1.82, 2.24) is 4.90 Å². The van der Waals surface area contributed by atoms with Crippen molar-refractivity contribution in [3.8, 4) is 11.5 Å². The molecule has 0 radical (unpaired) electrons. The summed E-state index contributed by atoms with van der Waals surface area (Å²) in [5.41, 5.74) is 0.551. The number of benzene rings is 1. The highest BCUT2D eigenvalue weighted by molar-refractivity contribution is 6.70. The zero-order chi connectivity index (χ0) is 22.1. The van der Waals surface area contributed by atoms with E-state index in [1.54, 1.807) is 39.0 Å². The van der Waals surface area contributed by atoms with Crippen LogP contribution in [0.3, 0.4) is 0 Å². The Morgan fingerprint density at radius 3 is 1.57 bits per heavy atom. The molecule has 0 aliphatic carbocycles. The van der Waals surface area contributed by atoms with Gasteiger partial charge in [-0.2, -0.15) is 13.2 Å². The van der Waals surface area contributed by atoms with E-state index in [1.165, 1.54) is 0 Å². The van der Waals surface area contributed by atoms with Crippen LogP contribution in [0.2, 0.25) is 39.3 Å². The normalized spacial score (nSPS) is 14.0. The van der Waals surface area contributed by atoms with Crippen LogP contribution in [-0.4, -0.2) is 39.7 Å². The highest BCUT2D eigenvalue weighted by atomic mass is 28.4. The molecule has 0 spiro atoms. The minimum Gasteiger partial charge on any atom is -0.544 e. The molecule has 1 aromatic carbocycles. The molecule has 0 fully saturated rings. The number of halogens is 3. The number of carbonyl (C=O) groups is 1. The predicted octanol–water partition coefficient (Wildman–Crippen LogP) is 5.97. The molecule has 0 saturated heterocycles. The molecule has 0 aromatic heterocycles. The average Bonchev–Trinajstić information content (AvgIpc) is 2.41. The molecule has 0 saturated carbocycles. The van der Waals surface area contributed by atoms with Gasteiger partial charge in [-0.15, -0.1) is 0 Å². The summed E-state index contributed by atoms with van der Waals surface area (Å²) in [5.74, 6) is -0.737. The summed E-state index contributed by atoms with van der Waals surface area (Å²) >= 11 is 0. The van der Waals surface area contributed by atoms with Gasteiger partial charge in [-0.3, -0.25) is 4.79 Å². The van der Waals surface area contributed by atoms with Gasteiger partial charge in [0.25, 0.3) is 0 Å². The molecule has 1 aromatic rings. The summed E-state index contributed by atoms with van der Waals surface area (Å²) in [5, 5.41) is 0. The SMILES string of the molecule is CC(C)N(C(=O)C(F)(F)F)C(C)c1cc(O[Si](C)(C)C)cc(O[Si](C)(C)C)c1. The summed E-state index contributed by atoms with van der Waals surface area (Å²) in [6.45, 7) is 16.9. The predicted molar refractivity (Wildman–Crippen MR) is 111 cm³/mol. The van der Waals surface area contributed by atoms with Gasteiger partial charge in [-0.1, -0.05) is 0 Å². The smallest absolute Gasteiger partial charge is 0.471 e. The molecule has 1 rings (SSSR count). The third-order valence-corrected chi connectivity index (χ3v) is 5.38. The van der Waals surface area contributed by atoms with E-state index in [1.807, 2.05) is 39.3 Å². The van der Waals surface area contributed by atoms with Gasteiger partial charge in [0.2, 0.25) is 16.6 Å². The summed E-state index contributed by atoms with van der Waals surface area (Å²) in [7, 11) is -3.89. The third kappa shape index (κ3) is 7.50. The van der Waals surface area contributed by atoms with Crippen LogP contribution in [0.25, 0.3) is 0 Å². The van der Waals surface area contributed by atoms with Crippen LogP contribution in [0.15, 0.2) is 18.2 Å². The second-order valence-corrected chi connectivity index (χ2v) is 18.0. The first-order valence-electron chi connectivity index (χ1n) is 9.33. The molecule has 28 heavy (non-hydrogen) atoms. The van der Waals surface area contributed by atoms with Gasteiger partial charge in [-0.05, 0) is 77.7 Å². The minimum atomic E-state index is -4.93. The van der Waals surface area contributed by atoms with Gasteiger partial charge in [-0.25, -0.2) is 0 Å². The lowest BCUT2D eigenvalue weighted by Gasteiger charge is -2.34. The minimum absolute atomic E-state index is 0.551. The van der Waals surface area contributed by atoms with Gasteiger partial charge in [0.1, 0.15) is 11.5 Å². The van der Waals surface area contributed by atoms with Crippen molar-refractivity contribution < 1.29 is 26.8 Å². The third-order valence-electron chi connectivity index (χ3n) is 3.68. The van der Waals surface area contributed by atoms with E-state index in [-0.39, 0.29) is 0 Å². The van der Waals surface area contributed by atoms with E-state index >= 15 is 0 Å². The van der Waals surface area contributed by atoms with Gasteiger partial charge in [0.05, 0.1) is 6.04 Å².